The zero-order valence-corrected chi connectivity index (χ0v) is 9.24. The van der Waals surface area contributed by atoms with Gasteiger partial charge in [0.05, 0.1) is 0 Å². The summed E-state index contributed by atoms with van der Waals surface area (Å²) < 4.78 is 0. The van der Waals surface area contributed by atoms with E-state index in [2.05, 4.69) is 27.7 Å². The molecule has 0 aromatic heterocycles. The van der Waals surface area contributed by atoms with Gasteiger partial charge in [0.1, 0.15) is 0 Å². The molecule has 0 saturated carbocycles. The van der Waals surface area contributed by atoms with E-state index in [1.54, 1.807) is 0 Å². The Balaban J connectivity index is 2.56. The zero-order chi connectivity index (χ0) is 7.83. The van der Waals surface area contributed by atoms with Gasteiger partial charge in [0.2, 0.25) is 0 Å². The summed E-state index contributed by atoms with van der Waals surface area (Å²) in [6, 6.07) is 0. The highest BCUT2D eigenvalue weighted by atomic mass is 28.2. The summed E-state index contributed by atoms with van der Waals surface area (Å²) in [4.78, 5) is 0. The van der Waals surface area contributed by atoms with Gasteiger partial charge in [-0.25, -0.2) is 0 Å². The van der Waals surface area contributed by atoms with E-state index >= 15 is 0 Å². The first-order valence-electron chi connectivity index (χ1n) is 4.41. The third-order valence-electron chi connectivity index (χ3n) is 2.66. The first kappa shape index (κ1) is 8.31. The highest BCUT2D eigenvalue weighted by Crippen LogP contribution is 2.47. The highest BCUT2D eigenvalue weighted by molar-refractivity contribution is 6.44. The SMILES string of the molecule is CC1(C)CCCC(C)(C)[SiH2]1. The second kappa shape index (κ2) is 2.37. The molecule has 0 nitrogen and oxygen atoms in total. The largest absolute Gasteiger partial charge is 0.0629 e. The van der Waals surface area contributed by atoms with Crippen LogP contribution in [0.15, 0.2) is 0 Å². The lowest BCUT2D eigenvalue weighted by atomic mass is 9.97. The Morgan fingerprint density at radius 3 is 1.50 bits per heavy atom. The zero-order valence-electron chi connectivity index (χ0n) is 7.83. The van der Waals surface area contributed by atoms with Gasteiger partial charge >= 0.3 is 0 Å². The molecule has 10 heavy (non-hydrogen) atoms. The van der Waals surface area contributed by atoms with Crippen molar-refractivity contribution in [3.63, 3.8) is 0 Å². The van der Waals surface area contributed by atoms with Crippen LogP contribution < -0.4 is 0 Å². The molecule has 60 valence electrons. The van der Waals surface area contributed by atoms with Gasteiger partial charge in [-0.3, -0.25) is 0 Å². The molecule has 0 radical (unpaired) electrons. The Kier molecular flexibility index (Phi) is 1.97. The topological polar surface area (TPSA) is 0 Å². The molecule has 0 spiro atoms. The molecule has 1 heterocycles. The predicted octanol–water partition coefficient (Wildman–Crippen LogP) is 2.74. The van der Waals surface area contributed by atoms with Crippen molar-refractivity contribution in [1.82, 2.24) is 0 Å². The van der Waals surface area contributed by atoms with Crippen LogP contribution in [0.25, 0.3) is 0 Å². The van der Waals surface area contributed by atoms with Gasteiger partial charge in [-0.1, -0.05) is 47.0 Å². The highest BCUT2D eigenvalue weighted by Gasteiger charge is 2.33. The summed E-state index contributed by atoms with van der Waals surface area (Å²) in [6.07, 6.45) is 4.44. The fourth-order valence-corrected chi connectivity index (χ4v) is 5.96. The molecule has 0 unspecified atom stereocenters. The predicted molar refractivity (Wildman–Crippen MR) is 50.5 cm³/mol. The molecular formula is C9H20Si. The van der Waals surface area contributed by atoms with Gasteiger partial charge in [-0.2, -0.15) is 0 Å². The van der Waals surface area contributed by atoms with Crippen LogP contribution in [0.4, 0.5) is 0 Å². The third-order valence-corrected chi connectivity index (χ3v) is 5.29. The van der Waals surface area contributed by atoms with Gasteiger partial charge in [-0.05, 0) is 10.1 Å². The van der Waals surface area contributed by atoms with Crippen LogP contribution in [-0.4, -0.2) is 9.52 Å². The molecule has 0 aromatic carbocycles. The number of hydrogen-bond acceptors (Lipinski definition) is 0. The maximum absolute atomic E-state index is 2.46. The molecule has 0 N–H and O–H groups in total. The fraction of sp³-hybridized carbons (Fsp3) is 1.00. The monoisotopic (exact) mass is 156 g/mol. The van der Waals surface area contributed by atoms with Crippen LogP contribution in [0.1, 0.15) is 47.0 Å². The van der Waals surface area contributed by atoms with Crippen LogP contribution in [0.3, 0.4) is 0 Å². The lowest BCUT2D eigenvalue weighted by Crippen LogP contribution is -2.28. The van der Waals surface area contributed by atoms with Crippen molar-refractivity contribution < 1.29 is 0 Å². The number of rotatable bonds is 0. The normalized spacial score (nSPS) is 30.0. The van der Waals surface area contributed by atoms with Crippen LogP contribution in [0.2, 0.25) is 10.1 Å². The second-order valence-electron chi connectivity index (χ2n) is 5.36. The standard InChI is InChI=1S/C9H20Si/c1-8(2)6-5-7-9(3,4)10-8/h5-7,10H2,1-4H3. The molecule has 1 rings (SSSR count). The second-order valence-corrected chi connectivity index (χ2v) is 9.54. The summed E-state index contributed by atoms with van der Waals surface area (Å²) in [5.74, 6) is 0. The summed E-state index contributed by atoms with van der Waals surface area (Å²) in [5, 5.41) is 1.50. The van der Waals surface area contributed by atoms with Crippen molar-refractivity contribution in [2.45, 2.75) is 57.0 Å². The van der Waals surface area contributed by atoms with Gasteiger partial charge in [-0.15, -0.1) is 0 Å². The van der Waals surface area contributed by atoms with Crippen LogP contribution in [0, 0.1) is 0 Å². The lowest BCUT2D eigenvalue weighted by Gasteiger charge is -2.39. The molecule has 0 aromatic rings. The molecule has 1 aliphatic heterocycles. The fourth-order valence-electron chi connectivity index (χ4n) is 2.52. The minimum Gasteiger partial charge on any atom is -0.0629 e. The average molecular weight is 156 g/mol. The van der Waals surface area contributed by atoms with Gasteiger partial charge < -0.3 is 0 Å². The molecule has 1 fully saturated rings. The number of hydrogen-bond donors (Lipinski definition) is 0. The Bertz CT molecular complexity index is 111. The quantitative estimate of drug-likeness (QED) is 0.473. The smallest absolute Gasteiger partial charge is 0.0327 e. The Labute approximate surface area is 67.2 Å². The first-order chi connectivity index (χ1) is 4.41. The maximum atomic E-state index is 2.46. The lowest BCUT2D eigenvalue weighted by molar-refractivity contribution is 0.439. The van der Waals surface area contributed by atoms with Crippen molar-refractivity contribution in [2.75, 3.05) is 0 Å². The Morgan fingerprint density at radius 2 is 1.30 bits per heavy atom. The molecule has 1 saturated heterocycles. The molecule has 0 amide bonds. The van der Waals surface area contributed by atoms with Crippen LogP contribution >= 0.6 is 0 Å². The Hall–Kier alpha value is 0.217. The molecule has 0 atom stereocenters. The van der Waals surface area contributed by atoms with Crippen molar-refractivity contribution in [3.8, 4) is 0 Å². The summed E-state index contributed by atoms with van der Waals surface area (Å²) in [5.41, 5.74) is 0. The maximum Gasteiger partial charge on any atom is 0.0327 e. The molecule has 0 bridgehead atoms. The van der Waals surface area contributed by atoms with E-state index in [0.29, 0.717) is 0 Å². The van der Waals surface area contributed by atoms with E-state index < -0.39 is 0 Å². The minimum atomic E-state index is 0.164. The van der Waals surface area contributed by atoms with Gasteiger partial charge in [0.25, 0.3) is 0 Å². The van der Waals surface area contributed by atoms with Crippen molar-refractivity contribution >= 4 is 9.52 Å². The Morgan fingerprint density at radius 1 is 0.900 bits per heavy atom. The van der Waals surface area contributed by atoms with E-state index in [4.69, 9.17) is 0 Å². The first-order valence-corrected chi connectivity index (χ1v) is 5.83. The van der Waals surface area contributed by atoms with Crippen molar-refractivity contribution in [3.05, 3.63) is 0 Å². The van der Waals surface area contributed by atoms with E-state index in [1.807, 2.05) is 0 Å². The summed E-state index contributed by atoms with van der Waals surface area (Å²) in [6.45, 7) is 9.83. The molecular weight excluding hydrogens is 136 g/mol. The molecule has 1 aliphatic rings. The van der Waals surface area contributed by atoms with E-state index in [-0.39, 0.29) is 9.52 Å². The summed E-state index contributed by atoms with van der Waals surface area (Å²) in [7, 11) is 0.164. The van der Waals surface area contributed by atoms with Crippen molar-refractivity contribution in [1.29, 1.82) is 0 Å². The van der Waals surface area contributed by atoms with Gasteiger partial charge in [0, 0.05) is 9.52 Å². The minimum absolute atomic E-state index is 0.164. The third kappa shape index (κ3) is 2.12. The van der Waals surface area contributed by atoms with E-state index in [9.17, 15) is 0 Å². The van der Waals surface area contributed by atoms with Gasteiger partial charge in [0.15, 0.2) is 0 Å². The average Bonchev–Trinajstić information content (AvgIpc) is 1.56. The van der Waals surface area contributed by atoms with E-state index in [0.717, 1.165) is 10.1 Å². The summed E-state index contributed by atoms with van der Waals surface area (Å²) >= 11 is 0. The van der Waals surface area contributed by atoms with E-state index in [1.165, 1.54) is 19.3 Å². The van der Waals surface area contributed by atoms with Crippen molar-refractivity contribution in [2.24, 2.45) is 0 Å². The molecule has 0 aliphatic carbocycles. The molecule has 1 heteroatoms. The van der Waals surface area contributed by atoms with Crippen LogP contribution in [-0.2, 0) is 0 Å². The van der Waals surface area contributed by atoms with Crippen LogP contribution in [0.5, 0.6) is 0 Å².